The van der Waals surface area contributed by atoms with E-state index in [4.69, 9.17) is 18.9 Å². The molecule has 0 spiro atoms. The van der Waals surface area contributed by atoms with Gasteiger partial charge in [0.05, 0.1) is 39.9 Å². The fraction of sp³-hybridized carbons (Fsp3) is 0.156. The Morgan fingerprint density at radius 3 is 1.95 bits per heavy atom. The second kappa shape index (κ2) is 10.4. The highest BCUT2D eigenvalue weighted by molar-refractivity contribution is 5.87. The quantitative estimate of drug-likeness (QED) is 0.225. The zero-order valence-corrected chi connectivity index (χ0v) is 22.0. The number of halogens is 1. The molecular weight excluding hydrogens is 481 g/mol. The summed E-state index contributed by atoms with van der Waals surface area (Å²) in [6, 6.07) is 24.8. The van der Waals surface area contributed by atoms with Crippen molar-refractivity contribution >= 4 is 10.9 Å². The Morgan fingerprint density at radius 1 is 0.579 bits per heavy atom. The predicted octanol–water partition coefficient (Wildman–Crippen LogP) is 6.84. The second-order valence-corrected chi connectivity index (χ2v) is 8.95. The van der Waals surface area contributed by atoms with E-state index in [1.807, 2.05) is 43.4 Å². The molecule has 0 aliphatic rings. The predicted molar refractivity (Wildman–Crippen MR) is 148 cm³/mol. The molecule has 1 heterocycles. The number of pyridine rings is 1. The number of aryl methyl sites for hydroxylation is 1. The van der Waals surface area contributed by atoms with Gasteiger partial charge in [0.15, 0.2) is 29.2 Å². The molecule has 0 radical (unpaired) electrons. The summed E-state index contributed by atoms with van der Waals surface area (Å²) in [4.78, 5) is 0. The lowest BCUT2D eigenvalue weighted by Gasteiger charge is -2.16. The van der Waals surface area contributed by atoms with Crippen LogP contribution in [0.15, 0.2) is 85.1 Å². The minimum absolute atomic E-state index is 0.261. The summed E-state index contributed by atoms with van der Waals surface area (Å²) >= 11 is 0. The maximum atomic E-state index is 13.5. The van der Waals surface area contributed by atoms with Gasteiger partial charge in [0.1, 0.15) is 12.9 Å². The summed E-state index contributed by atoms with van der Waals surface area (Å²) in [6.07, 6.45) is 2.08. The van der Waals surface area contributed by atoms with E-state index in [0.29, 0.717) is 23.0 Å². The van der Waals surface area contributed by atoms with Crippen LogP contribution in [-0.2, 0) is 7.05 Å². The summed E-state index contributed by atoms with van der Waals surface area (Å²) in [7, 11) is 8.55. The second-order valence-electron chi connectivity index (χ2n) is 8.95. The van der Waals surface area contributed by atoms with E-state index in [2.05, 4.69) is 29.0 Å². The fourth-order valence-corrected chi connectivity index (χ4v) is 4.80. The molecular formula is C32H29FNO4+. The lowest BCUT2D eigenvalue weighted by molar-refractivity contribution is -0.644. The van der Waals surface area contributed by atoms with Gasteiger partial charge in [0.2, 0.25) is 5.52 Å². The SMILES string of the molecule is COc1cc2cc(-c3cc(OC)c(OC)c(-c4cccc(-c5ccc(F)cc5)c4)c3)c[n+](C)c2cc1OC. The van der Waals surface area contributed by atoms with Gasteiger partial charge in [-0.2, -0.15) is 0 Å². The van der Waals surface area contributed by atoms with Crippen LogP contribution in [0, 0.1) is 5.82 Å². The number of rotatable bonds is 7. The zero-order valence-electron chi connectivity index (χ0n) is 22.0. The largest absolute Gasteiger partial charge is 0.493 e. The molecule has 192 valence electrons. The summed E-state index contributed by atoms with van der Waals surface area (Å²) < 4.78 is 38.2. The van der Waals surface area contributed by atoms with Crippen LogP contribution in [0.1, 0.15) is 0 Å². The standard InChI is InChI=1S/C32H29FNO4/c1-34-19-25(14-24-17-29(35-2)30(36-3)18-28(24)34)23-15-27(32(38-5)31(16-23)37-4)22-8-6-7-21(13-22)20-9-11-26(33)12-10-20/h6-19H,1-5H3/q+1. The van der Waals surface area contributed by atoms with Crippen LogP contribution >= 0.6 is 0 Å². The third-order valence-electron chi connectivity index (χ3n) is 6.72. The van der Waals surface area contributed by atoms with Crippen LogP contribution in [0.5, 0.6) is 23.0 Å². The maximum absolute atomic E-state index is 13.5. The Labute approximate surface area is 221 Å². The highest BCUT2D eigenvalue weighted by atomic mass is 19.1. The van der Waals surface area contributed by atoms with Gasteiger partial charge in [-0.25, -0.2) is 8.96 Å². The third-order valence-corrected chi connectivity index (χ3v) is 6.72. The Bertz CT molecular complexity index is 1630. The minimum Gasteiger partial charge on any atom is -0.493 e. The molecule has 0 aliphatic carbocycles. The van der Waals surface area contributed by atoms with Gasteiger partial charge in [-0.15, -0.1) is 0 Å². The van der Waals surface area contributed by atoms with Gasteiger partial charge in [-0.05, 0) is 64.7 Å². The Hall–Kier alpha value is -4.58. The van der Waals surface area contributed by atoms with E-state index in [1.54, 1.807) is 40.6 Å². The van der Waals surface area contributed by atoms with Crippen molar-refractivity contribution in [3.8, 4) is 56.4 Å². The average Bonchev–Trinajstić information content (AvgIpc) is 2.96. The molecule has 6 heteroatoms. The summed E-state index contributed by atoms with van der Waals surface area (Å²) in [5.74, 6) is 2.36. The molecule has 0 saturated heterocycles. The Morgan fingerprint density at radius 2 is 1.26 bits per heavy atom. The van der Waals surface area contributed by atoms with Crippen LogP contribution in [0.3, 0.4) is 0 Å². The molecule has 4 aromatic carbocycles. The lowest BCUT2D eigenvalue weighted by atomic mass is 9.95. The third kappa shape index (κ3) is 4.61. The van der Waals surface area contributed by atoms with Gasteiger partial charge in [0, 0.05) is 11.1 Å². The first-order chi connectivity index (χ1) is 18.4. The number of ether oxygens (including phenoxy) is 4. The average molecular weight is 511 g/mol. The van der Waals surface area contributed by atoms with Crippen molar-refractivity contribution in [3.63, 3.8) is 0 Å². The molecule has 0 unspecified atom stereocenters. The van der Waals surface area contributed by atoms with E-state index in [-0.39, 0.29) is 5.82 Å². The topological polar surface area (TPSA) is 40.8 Å². The molecule has 0 saturated carbocycles. The molecule has 5 aromatic rings. The number of benzene rings is 4. The Balaban J connectivity index is 1.68. The van der Waals surface area contributed by atoms with Gasteiger partial charge in [-0.1, -0.05) is 30.3 Å². The Kier molecular flexibility index (Phi) is 6.88. The van der Waals surface area contributed by atoms with Crippen LogP contribution in [0.25, 0.3) is 44.3 Å². The molecule has 0 aliphatic heterocycles. The molecule has 0 amide bonds. The first kappa shape index (κ1) is 25.1. The molecule has 0 atom stereocenters. The summed E-state index contributed by atoms with van der Waals surface area (Å²) in [5.41, 5.74) is 6.75. The van der Waals surface area contributed by atoms with Crippen molar-refractivity contribution < 1.29 is 27.9 Å². The van der Waals surface area contributed by atoms with Crippen molar-refractivity contribution in [2.24, 2.45) is 7.05 Å². The van der Waals surface area contributed by atoms with E-state index in [0.717, 1.165) is 44.3 Å². The van der Waals surface area contributed by atoms with Crippen LogP contribution in [0.2, 0.25) is 0 Å². The number of fused-ring (bicyclic) bond motifs is 1. The van der Waals surface area contributed by atoms with Crippen molar-refractivity contribution in [2.45, 2.75) is 0 Å². The molecule has 0 bridgehead atoms. The highest BCUT2D eigenvalue weighted by Crippen LogP contribution is 2.43. The maximum Gasteiger partial charge on any atom is 0.216 e. The molecule has 5 nitrogen and oxygen atoms in total. The van der Waals surface area contributed by atoms with E-state index in [1.165, 1.54) is 12.1 Å². The van der Waals surface area contributed by atoms with Crippen LogP contribution < -0.4 is 23.5 Å². The highest BCUT2D eigenvalue weighted by Gasteiger charge is 2.19. The van der Waals surface area contributed by atoms with Gasteiger partial charge in [-0.3, -0.25) is 0 Å². The van der Waals surface area contributed by atoms with Gasteiger partial charge < -0.3 is 18.9 Å². The van der Waals surface area contributed by atoms with E-state index in [9.17, 15) is 4.39 Å². The number of nitrogens with zero attached hydrogens (tertiary/aromatic N) is 1. The van der Waals surface area contributed by atoms with Crippen molar-refractivity contribution in [1.29, 1.82) is 0 Å². The molecule has 38 heavy (non-hydrogen) atoms. The van der Waals surface area contributed by atoms with Crippen LogP contribution in [-0.4, -0.2) is 28.4 Å². The van der Waals surface area contributed by atoms with E-state index >= 15 is 0 Å². The monoisotopic (exact) mass is 510 g/mol. The first-order valence-corrected chi connectivity index (χ1v) is 12.1. The molecule has 1 aromatic heterocycles. The summed E-state index contributed by atoms with van der Waals surface area (Å²) in [5, 5.41) is 1.01. The van der Waals surface area contributed by atoms with Crippen LogP contribution in [0.4, 0.5) is 4.39 Å². The lowest BCUT2D eigenvalue weighted by Crippen LogP contribution is -2.28. The molecule has 0 fully saturated rings. The number of hydrogen-bond acceptors (Lipinski definition) is 4. The molecule has 0 N–H and O–H groups in total. The minimum atomic E-state index is -0.261. The van der Waals surface area contributed by atoms with Gasteiger partial charge in [0.25, 0.3) is 0 Å². The molecule has 5 rings (SSSR count). The summed E-state index contributed by atoms with van der Waals surface area (Å²) in [6.45, 7) is 0. The fourth-order valence-electron chi connectivity index (χ4n) is 4.80. The zero-order chi connectivity index (χ0) is 26.8. The van der Waals surface area contributed by atoms with E-state index < -0.39 is 0 Å². The number of hydrogen-bond donors (Lipinski definition) is 0. The number of aromatic nitrogens is 1. The van der Waals surface area contributed by atoms with Crippen molar-refractivity contribution in [2.75, 3.05) is 28.4 Å². The van der Waals surface area contributed by atoms with Gasteiger partial charge >= 0.3 is 0 Å². The number of methoxy groups -OCH3 is 4. The normalized spacial score (nSPS) is 10.9. The first-order valence-electron chi connectivity index (χ1n) is 12.1. The van der Waals surface area contributed by atoms with Crippen molar-refractivity contribution in [1.82, 2.24) is 0 Å². The van der Waals surface area contributed by atoms with Crippen molar-refractivity contribution in [3.05, 3.63) is 90.9 Å². The smallest absolute Gasteiger partial charge is 0.216 e.